The number of rotatable bonds is 4. The summed E-state index contributed by atoms with van der Waals surface area (Å²) in [7, 11) is 0. The Bertz CT molecular complexity index is 520. The van der Waals surface area contributed by atoms with Gasteiger partial charge in [0.25, 0.3) is 0 Å². The van der Waals surface area contributed by atoms with Gasteiger partial charge in [0.2, 0.25) is 5.91 Å². The van der Waals surface area contributed by atoms with Crippen molar-refractivity contribution in [3.05, 3.63) is 65.7 Å². The van der Waals surface area contributed by atoms with Crippen molar-refractivity contribution in [1.29, 1.82) is 0 Å². The van der Waals surface area contributed by atoms with Crippen LogP contribution in [0.3, 0.4) is 0 Å². The Kier molecular flexibility index (Phi) is 4.13. The molecule has 0 aromatic heterocycles. The molecule has 2 rings (SSSR count). The van der Waals surface area contributed by atoms with Crippen LogP contribution in [-0.2, 0) is 11.2 Å². The van der Waals surface area contributed by atoms with E-state index in [4.69, 9.17) is 0 Å². The van der Waals surface area contributed by atoms with Gasteiger partial charge in [-0.05, 0) is 30.5 Å². The van der Waals surface area contributed by atoms with Crippen LogP contribution in [0.15, 0.2) is 54.6 Å². The lowest BCUT2D eigenvalue weighted by atomic mass is 10.1. The lowest BCUT2D eigenvalue weighted by Crippen LogP contribution is -2.13. The van der Waals surface area contributed by atoms with E-state index in [0.29, 0.717) is 6.42 Å². The smallest absolute Gasteiger partial charge is 0.224 e. The predicted octanol–water partition coefficient (Wildman–Crippen LogP) is 3.57. The average Bonchev–Trinajstić information content (AvgIpc) is 2.40. The van der Waals surface area contributed by atoms with Crippen LogP contribution in [0.25, 0.3) is 0 Å². The van der Waals surface area contributed by atoms with Crippen molar-refractivity contribution in [1.82, 2.24) is 0 Å². The molecule has 0 radical (unpaired) electrons. The van der Waals surface area contributed by atoms with Crippen LogP contribution < -0.4 is 5.32 Å². The summed E-state index contributed by atoms with van der Waals surface area (Å²) < 4.78 is 0. The van der Waals surface area contributed by atoms with E-state index in [1.165, 1.54) is 5.56 Å². The van der Waals surface area contributed by atoms with Gasteiger partial charge in [-0.3, -0.25) is 4.79 Å². The van der Waals surface area contributed by atoms with E-state index in [0.717, 1.165) is 17.7 Å². The molecule has 1 amide bonds. The summed E-state index contributed by atoms with van der Waals surface area (Å²) in [6, 6.07) is 17.9. The minimum absolute atomic E-state index is 0.0631. The summed E-state index contributed by atoms with van der Waals surface area (Å²) >= 11 is 0. The Labute approximate surface area is 108 Å². The number of hydrogen-bond donors (Lipinski definition) is 1. The maximum Gasteiger partial charge on any atom is 0.224 e. The van der Waals surface area contributed by atoms with Crippen LogP contribution in [0.4, 0.5) is 5.69 Å². The van der Waals surface area contributed by atoms with Crippen LogP contribution in [0.2, 0.25) is 0 Å². The third kappa shape index (κ3) is 3.45. The Morgan fingerprint density at radius 2 is 1.67 bits per heavy atom. The third-order valence-electron chi connectivity index (χ3n) is 2.90. The molecule has 2 aromatic carbocycles. The molecule has 0 fully saturated rings. The summed E-state index contributed by atoms with van der Waals surface area (Å²) in [5.41, 5.74) is 3.18. The van der Waals surface area contributed by atoms with E-state index in [1.54, 1.807) is 0 Å². The highest BCUT2D eigenvalue weighted by atomic mass is 16.1. The lowest BCUT2D eigenvalue weighted by Gasteiger charge is -2.07. The zero-order chi connectivity index (χ0) is 12.8. The summed E-state index contributed by atoms with van der Waals surface area (Å²) in [4.78, 5) is 11.8. The molecule has 2 heteroatoms. The van der Waals surface area contributed by atoms with E-state index < -0.39 is 0 Å². The summed E-state index contributed by atoms with van der Waals surface area (Å²) in [6.07, 6.45) is 1.29. The van der Waals surface area contributed by atoms with E-state index in [1.807, 2.05) is 61.5 Å². The minimum atomic E-state index is 0.0631. The number of para-hydroxylation sites is 1. The van der Waals surface area contributed by atoms with Gasteiger partial charge >= 0.3 is 0 Å². The van der Waals surface area contributed by atoms with Crippen molar-refractivity contribution < 1.29 is 4.79 Å². The molecule has 0 aliphatic rings. The second-order valence-electron chi connectivity index (χ2n) is 4.35. The summed E-state index contributed by atoms with van der Waals surface area (Å²) in [6.45, 7) is 1.99. The monoisotopic (exact) mass is 239 g/mol. The molecule has 2 nitrogen and oxygen atoms in total. The fraction of sp³-hybridized carbons (Fsp3) is 0.188. The lowest BCUT2D eigenvalue weighted by molar-refractivity contribution is -0.116. The Morgan fingerprint density at radius 1 is 1.00 bits per heavy atom. The minimum Gasteiger partial charge on any atom is -0.326 e. The average molecular weight is 239 g/mol. The zero-order valence-corrected chi connectivity index (χ0v) is 10.5. The molecule has 0 atom stereocenters. The van der Waals surface area contributed by atoms with Crippen molar-refractivity contribution in [2.45, 2.75) is 19.8 Å². The zero-order valence-electron chi connectivity index (χ0n) is 10.5. The maximum atomic E-state index is 11.8. The van der Waals surface area contributed by atoms with Crippen molar-refractivity contribution in [2.24, 2.45) is 0 Å². The highest BCUT2D eigenvalue weighted by Gasteiger charge is 2.04. The number of aryl methyl sites for hydroxylation is 2. The van der Waals surface area contributed by atoms with Crippen molar-refractivity contribution in [3.8, 4) is 0 Å². The van der Waals surface area contributed by atoms with Crippen LogP contribution >= 0.6 is 0 Å². The molecular weight excluding hydrogens is 222 g/mol. The molecule has 1 N–H and O–H groups in total. The quantitative estimate of drug-likeness (QED) is 0.868. The second kappa shape index (κ2) is 6.01. The largest absolute Gasteiger partial charge is 0.326 e. The number of amides is 1. The number of carbonyl (C=O) groups excluding carboxylic acids is 1. The number of anilines is 1. The van der Waals surface area contributed by atoms with Crippen LogP contribution in [0, 0.1) is 6.92 Å². The van der Waals surface area contributed by atoms with Crippen LogP contribution in [0.1, 0.15) is 17.5 Å². The van der Waals surface area contributed by atoms with E-state index in [9.17, 15) is 4.79 Å². The first-order valence-electron chi connectivity index (χ1n) is 6.15. The normalized spacial score (nSPS) is 10.1. The van der Waals surface area contributed by atoms with E-state index in [2.05, 4.69) is 5.32 Å². The highest BCUT2D eigenvalue weighted by molar-refractivity contribution is 5.91. The van der Waals surface area contributed by atoms with Gasteiger partial charge in [-0.15, -0.1) is 0 Å². The molecule has 92 valence electrons. The first kappa shape index (κ1) is 12.4. The molecule has 18 heavy (non-hydrogen) atoms. The Balaban J connectivity index is 1.88. The number of carbonyl (C=O) groups is 1. The molecule has 0 spiro atoms. The molecule has 0 saturated carbocycles. The molecule has 0 saturated heterocycles. The molecule has 0 bridgehead atoms. The molecule has 2 aromatic rings. The SMILES string of the molecule is Cc1ccccc1NC(=O)CCc1ccccc1. The van der Waals surface area contributed by atoms with Crippen molar-refractivity contribution >= 4 is 11.6 Å². The first-order valence-corrected chi connectivity index (χ1v) is 6.15. The fourth-order valence-corrected chi connectivity index (χ4v) is 1.83. The van der Waals surface area contributed by atoms with Crippen LogP contribution in [0.5, 0.6) is 0 Å². The Morgan fingerprint density at radius 3 is 2.39 bits per heavy atom. The van der Waals surface area contributed by atoms with E-state index >= 15 is 0 Å². The number of benzene rings is 2. The fourth-order valence-electron chi connectivity index (χ4n) is 1.83. The molecule has 0 unspecified atom stereocenters. The van der Waals surface area contributed by atoms with E-state index in [-0.39, 0.29) is 5.91 Å². The van der Waals surface area contributed by atoms with Crippen molar-refractivity contribution in [2.75, 3.05) is 5.32 Å². The van der Waals surface area contributed by atoms with Crippen molar-refractivity contribution in [3.63, 3.8) is 0 Å². The molecule has 0 heterocycles. The van der Waals surface area contributed by atoms with Gasteiger partial charge in [0, 0.05) is 12.1 Å². The highest BCUT2D eigenvalue weighted by Crippen LogP contribution is 2.13. The maximum absolute atomic E-state index is 11.8. The molecule has 0 aliphatic carbocycles. The standard InChI is InChI=1S/C16H17NO/c1-13-7-5-6-10-15(13)17-16(18)12-11-14-8-3-2-4-9-14/h2-10H,11-12H2,1H3,(H,17,18). The van der Waals surface area contributed by atoms with Crippen LogP contribution in [-0.4, -0.2) is 5.91 Å². The van der Waals surface area contributed by atoms with Gasteiger partial charge in [0.1, 0.15) is 0 Å². The summed E-state index contributed by atoms with van der Waals surface area (Å²) in [5, 5.41) is 2.94. The number of hydrogen-bond acceptors (Lipinski definition) is 1. The van der Waals surface area contributed by atoms with Gasteiger partial charge in [0.15, 0.2) is 0 Å². The van der Waals surface area contributed by atoms with Gasteiger partial charge < -0.3 is 5.32 Å². The van der Waals surface area contributed by atoms with Gasteiger partial charge in [-0.25, -0.2) is 0 Å². The first-order chi connectivity index (χ1) is 8.75. The second-order valence-corrected chi connectivity index (χ2v) is 4.35. The Hall–Kier alpha value is -2.09. The molecule has 0 aliphatic heterocycles. The van der Waals surface area contributed by atoms with Gasteiger partial charge in [0.05, 0.1) is 0 Å². The summed E-state index contributed by atoms with van der Waals surface area (Å²) in [5.74, 6) is 0.0631. The number of nitrogens with one attached hydrogen (secondary N) is 1. The van der Waals surface area contributed by atoms with Gasteiger partial charge in [-0.2, -0.15) is 0 Å². The predicted molar refractivity (Wildman–Crippen MR) is 74.6 cm³/mol. The van der Waals surface area contributed by atoms with Gasteiger partial charge in [-0.1, -0.05) is 48.5 Å². The topological polar surface area (TPSA) is 29.1 Å². The molecular formula is C16H17NO. The third-order valence-corrected chi connectivity index (χ3v) is 2.90.